The van der Waals surface area contributed by atoms with Gasteiger partial charge in [-0.25, -0.2) is 0 Å². The van der Waals surface area contributed by atoms with Crippen LogP contribution in [0.5, 0.6) is 0 Å². The molecular formula is C12H12Br2ClN5. The predicted molar refractivity (Wildman–Crippen MR) is 88.7 cm³/mol. The Kier molecular flexibility index (Phi) is 5.56. The van der Waals surface area contributed by atoms with E-state index in [9.17, 15) is 0 Å². The Hall–Kier alpha value is -0.920. The maximum Gasteiger partial charge on any atom is 0.233 e. The molecule has 0 radical (unpaired) electrons. The summed E-state index contributed by atoms with van der Waals surface area (Å²) in [6.45, 7) is 2.84. The molecule has 0 saturated carbocycles. The van der Waals surface area contributed by atoms with E-state index in [1.54, 1.807) is 0 Å². The minimum Gasteiger partial charge on any atom is -0.354 e. The Morgan fingerprint density at radius 2 is 1.90 bits per heavy atom. The molecule has 0 fully saturated rings. The lowest BCUT2D eigenvalue weighted by molar-refractivity contribution is 0.940. The summed E-state index contributed by atoms with van der Waals surface area (Å²) in [7, 11) is 0. The number of halogens is 3. The van der Waals surface area contributed by atoms with Crippen LogP contribution in [0.3, 0.4) is 0 Å². The molecule has 0 atom stereocenters. The van der Waals surface area contributed by atoms with Gasteiger partial charge in [-0.15, -0.1) is 0 Å². The summed E-state index contributed by atoms with van der Waals surface area (Å²) >= 11 is 12.8. The minimum absolute atomic E-state index is 0.148. The van der Waals surface area contributed by atoms with Crippen LogP contribution in [0.25, 0.3) is 0 Å². The highest BCUT2D eigenvalue weighted by molar-refractivity contribution is 9.11. The summed E-state index contributed by atoms with van der Waals surface area (Å²) in [5.41, 5.74) is 0.844. The van der Waals surface area contributed by atoms with Crippen LogP contribution in [0.2, 0.25) is 5.28 Å². The van der Waals surface area contributed by atoms with Crippen LogP contribution in [0, 0.1) is 0 Å². The molecule has 0 aliphatic rings. The summed E-state index contributed by atoms with van der Waals surface area (Å²) in [5.74, 6) is 0.856. The van der Waals surface area contributed by atoms with Gasteiger partial charge in [0, 0.05) is 15.5 Å². The molecule has 2 N–H and O–H groups in total. The van der Waals surface area contributed by atoms with E-state index < -0.39 is 0 Å². The highest BCUT2D eigenvalue weighted by Gasteiger charge is 2.07. The summed E-state index contributed by atoms with van der Waals surface area (Å²) in [6.07, 6.45) is 0.977. The molecule has 8 heteroatoms. The minimum atomic E-state index is 0.148. The molecule has 106 valence electrons. The van der Waals surface area contributed by atoms with E-state index in [-0.39, 0.29) is 5.28 Å². The fourth-order valence-corrected chi connectivity index (χ4v) is 2.74. The highest BCUT2D eigenvalue weighted by atomic mass is 79.9. The van der Waals surface area contributed by atoms with Gasteiger partial charge in [-0.2, -0.15) is 15.0 Å². The van der Waals surface area contributed by atoms with Gasteiger partial charge < -0.3 is 10.6 Å². The highest BCUT2D eigenvalue weighted by Crippen LogP contribution is 2.28. The Labute approximate surface area is 138 Å². The second kappa shape index (κ2) is 7.19. The molecule has 0 bridgehead atoms. The number of hydrogen-bond acceptors (Lipinski definition) is 5. The molecule has 1 aromatic carbocycles. The first-order chi connectivity index (χ1) is 9.58. The average Bonchev–Trinajstić information content (AvgIpc) is 2.39. The number of anilines is 3. The first-order valence-electron chi connectivity index (χ1n) is 5.96. The molecule has 1 heterocycles. The summed E-state index contributed by atoms with van der Waals surface area (Å²) < 4.78 is 1.88. The largest absolute Gasteiger partial charge is 0.354 e. The number of rotatable bonds is 5. The third kappa shape index (κ3) is 4.29. The standard InChI is InChI=1S/C12H12Br2ClN5/c1-2-5-16-11-18-10(15)19-12(20-11)17-9-4-3-7(13)6-8(9)14/h3-4,6H,2,5H2,1H3,(H2,16,17,18,19,20). The summed E-state index contributed by atoms with van der Waals surface area (Å²) in [4.78, 5) is 12.4. The van der Waals surface area contributed by atoms with Crippen molar-refractivity contribution in [2.75, 3.05) is 17.2 Å². The zero-order chi connectivity index (χ0) is 14.5. The van der Waals surface area contributed by atoms with E-state index in [0.29, 0.717) is 11.9 Å². The SMILES string of the molecule is CCCNc1nc(Cl)nc(Nc2ccc(Br)cc2Br)n1. The monoisotopic (exact) mass is 419 g/mol. The Morgan fingerprint density at radius 1 is 1.15 bits per heavy atom. The van der Waals surface area contributed by atoms with Crippen LogP contribution in [0.4, 0.5) is 17.6 Å². The number of aromatic nitrogens is 3. The van der Waals surface area contributed by atoms with Crippen molar-refractivity contribution in [2.45, 2.75) is 13.3 Å². The average molecular weight is 422 g/mol. The first kappa shape index (κ1) is 15.5. The topological polar surface area (TPSA) is 62.7 Å². The van der Waals surface area contributed by atoms with Crippen molar-refractivity contribution in [3.05, 3.63) is 32.4 Å². The van der Waals surface area contributed by atoms with Crippen LogP contribution in [0.15, 0.2) is 27.1 Å². The molecule has 1 aromatic heterocycles. The third-order valence-electron chi connectivity index (χ3n) is 2.32. The third-order valence-corrected chi connectivity index (χ3v) is 3.64. The van der Waals surface area contributed by atoms with Crippen molar-refractivity contribution in [1.82, 2.24) is 15.0 Å². The van der Waals surface area contributed by atoms with Crippen LogP contribution < -0.4 is 10.6 Å². The molecule has 0 unspecified atom stereocenters. The molecule has 0 spiro atoms. The van der Waals surface area contributed by atoms with Gasteiger partial charge in [0.1, 0.15) is 0 Å². The first-order valence-corrected chi connectivity index (χ1v) is 7.92. The molecule has 0 aliphatic carbocycles. The van der Waals surface area contributed by atoms with Gasteiger partial charge in [-0.3, -0.25) is 0 Å². The lowest BCUT2D eigenvalue weighted by Gasteiger charge is -2.09. The number of nitrogens with one attached hydrogen (secondary N) is 2. The quantitative estimate of drug-likeness (QED) is 0.738. The number of hydrogen-bond donors (Lipinski definition) is 2. The van der Waals surface area contributed by atoms with E-state index in [1.165, 1.54) is 0 Å². The van der Waals surface area contributed by atoms with E-state index in [0.717, 1.165) is 27.6 Å². The van der Waals surface area contributed by atoms with E-state index in [1.807, 2.05) is 18.2 Å². The maximum absolute atomic E-state index is 5.90. The fourth-order valence-electron chi connectivity index (χ4n) is 1.43. The second-order valence-electron chi connectivity index (χ2n) is 3.93. The number of benzene rings is 1. The van der Waals surface area contributed by atoms with Gasteiger partial charge in [0.2, 0.25) is 17.2 Å². The zero-order valence-electron chi connectivity index (χ0n) is 10.6. The summed E-state index contributed by atoms with van der Waals surface area (Å²) in [5, 5.41) is 6.33. The lowest BCUT2D eigenvalue weighted by Crippen LogP contribution is -2.08. The predicted octanol–water partition coefficient (Wildman–Crippen LogP) is 4.62. The lowest BCUT2D eigenvalue weighted by atomic mass is 10.3. The van der Waals surface area contributed by atoms with Crippen molar-refractivity contribution in [3.63, 3.8) is 0 Å². The molecule has 2 aromatic rings. The zero-order valence-corrected chi connectivity index (χ0v) is 14.5. The Balaban J connectivity index is 2.21. The van der Waals surface area contributed by atoms with Gasteiger partial charge in [0.25, 0.3) is 0 Å². The molecule has 2 rings (SSSR count). The molecule has 0 aliphatic heterocycles. The van der Waals surface area contributed by atoms with Gasteiger partial charge in [0.05, 0.1) is 5.69 Å². The van der Waals surface area contributed by atoms with Gasteiger partial charge >= 0.3 is 0 Å². The molecule has 0 saturated heterocycles. The van der Waals surface area contributed by atoms with Crippen molar-refractivity contribution in [2.24, 2.45) is 0 Å². The van der Waals surface area contributed by atoms with Gasteiger partial charge in [-0.1, -0.05) is 22.9 Å². The second-order valence-corrected chi connectivity index (χ2v) is 6.04. The number of nitrogens with zero attached hydrogens (tertiary/aromatic N) is 3. The molecule has 20 heavy (non-hydrogen) atoms. The summed E-state index contributed by atoms with van der Waals surface area (Å²) in [6, 6.07) is 5.76. The maximum atomic E-state index is 5.90. The van der Waals surface area contributed by atoms with Crippen molar-refractivity contribution >= 4 is 61.0 Å². The van der Waals surface area contributed by atoms with Crippen molar-refractivity contribution < 1.29 is 0 Å². The molecular weight excluding hydrogens is 409 g/mol. The Bertz CT molecular complexity index is 608. The van der Waals surface area contributed by atoms with Gasteiger partial charge in [0.15, 0.2) is 0 Å². The van der Waals surface area contributed by atoms with E-state index >= 15 is 0 Å². The molecule has 5 nitrogen and oxygen atoms in total. The smallest absolute Gasteiger partial charge is 0.233 e. The van der Waals surface area contributed by atoms with Gasteiger partial charge in [-0.05, 0) is 52.2 Å². The van der Waals surface area contributed by atoms with Crippen LogP contribution in [-0.2, 0) is 0 Å². The van der Waals surface area contributed by atoms with E-state index in [2.05, 4.69) is 64.4 Å². The molecule has 0 amide bonds. The normalized spacial score (nSPS) is 10.4. The van der Waals surface area contributed by atoms with Crippen LogP contribution in [-0.4, -0.2) is 21.5 Å². The van der Waals surface area contributed by atoms with E-state index in [4.69, 9.17) is 11.6 Å². The Morgan fingerprint density at radius 3 is 2.60 bits per heavy atom. The van der Waals surface area contributed by atoms with Crippen LogP contribution >= 0.6 is 43.5 Å². The fraction of sp³-hybridized carbons (Fsp3) is 0.250. The van der Waals surface area contributed by atoms with Crippen LogP contribution in [0.1, 0.15) is 13.3 Å². The van der Waals surface area contributed by atoms with Crippen molar-refractivity contribution in [1.29, 1.82) is 0 Å². The van der Waals surface area contributed by atoms with Crippen molar-refractivity contribution in [3.8, 4) is 0 Å².